The topological polar surface area (TPSA) is 58.6 Å². The summed E-state index contributed by atoms with van der Waals surface area (Å²) in [5.41, 5.74) is 1.68. The second-order valence-corrected chi connectivity index (χ2v) is 10.2. The van der Waals surface area contributed by atoms with Crippen LogP contribution in [0.25, 0.3) is 0 Å². The predicted molar refractivity (Wildman–Crippen MR) is 149 cm³/mol. The Morgan fingerprint density at radius 3 is 2.39 bits per heavy atom. The molecule has 0 bridgehead atoms. The van der Waals surface area contributed by atoms with Crippen molar-refractivity contribution in [3.63, 3.8) is 0 Å². The van der Waals surface area contributed by atoms with E-state index in [1.54, 1.807) is 36.4 Å². The summed E-state index contributed by atoms with van der Waals surface area (Å²) in [4.78, 5) is 28.4. The number of benzene rings is 3. The molecular formula is C27H26BrCl3N2O3. The maximum atomic E-state index is 13.6. The third-order valence-corrected chi connectivity index (χ3v) is 7.00. The highest BCUT2D eigenvalue weighted by molar-refractivity contribution is 9.10. The van der Waals surface area contributed by atoms with E-state index in [0.717, 1.165) is 17.5 Å². The van der Waals surface area contributed by atoms with Crippen LogP contribution in [-0.4, -0.2) is 35.9 Å². The van der Waals surface area contributed by atoms with Gasteiger partial charge in [-0.2, -0.15) is 0 Å². The van der Waals surface area contributed by atoms with Gasteiger partial charge in [0.25, 0.3) is 5.91 Å². The molecule has 2 amide bonds. The van der Waals surface area contributed by atoms with E-state index in [2.05, 4.69) is 21.2 Å². The minimum atomic E-state index is -0.766. The summed E-state index contributed by atoms with van der Waals surface area (Å²) < 4.78 is 6.43. The number of rotatable bonds is 11. The molecule has 190 valence electrons. The SMILES string of the molecule is CCCNC(=O)[C@@H](Cc1ccccc1)N(Cc1ccc(Cl)c(Cl)c1)C(=O)COc1ccc(Cl)cc1Br. The lowest BCUT2D eigenvalue weighted by Gasteiger charge is -2.31. The van der Waals surface area contributed by atoms with Crippen LogP contribution in [0.2, 0.25) is 15.1 Å². The third-order valence-electron chi connectivity index (χ3n) is 5.40. The van der Waals surface area contributed by atoms with Crippen molar-refractivity contribution in [1.82, 2.24) is 10.2 Å². The van der Waals surface area contributed by atoms with E-state index in [0.29, 0.717) is 38.3 Å². The number of halogens is 4. The molecule has 0 aromatic heterocycles. The summed E-state index contributed by atoms with van der Waals surface area (Å²) in [5.74, 6) is -0.116. The monoisotopic (exact) mass is 610 g/mol. The molecule has 0 saturated carbocycles. The Balaban J connectivity index is 1.92. The van der Waals surface area contributed by atoms with Crippen LogP contribution in [0.1, 0.15) is 24.5 Å². The summed E-state index contributed by atoms with van der Waals surface area (Å²) in [7, 11) is 0. The summed E-state index contributed by atoms with van der Waals surface area (Å²) in [6.45, 7) is 2.36. The van der Waals surface area contributed by atoms with Crippen LogP contribution < -0.4 is 10.1 Å². The number of hydrogen-bond acceptors (Lipinski definition) is 3. The molecular weight excluding hydrogens is 587 g/mol. The van der Waals surface area contributed by atoms with Crippen molar-refractivity contribution in [1.29, 1.82) is 0 Å². The minimum absolute atomic E-state index is 0.151. The van der Waals surface area contributed by atoms with Gasteiger partial charge >= 0.3 is 0 Å². The van der Waals surface area contributed by atoms with Gasteiger partial charge in [-0.05, 0) is 63.8 Å². The van der Waals surface area contributed by atoms with E-state index in [9.17, 15) is 9.59 Å². The first-order chi connectivity index (χ1) is 17.3. The molecule has 0 aliphatic carbocycles. The molecule has 3 aromatic rings. The quantitative estimate of drug-likeness (QED) is 0.255. The second-order valence-electron chi connectivity index (χ2n) is 8.13. The Morgan fingerprint density at radius 1 is 0.972 bits per heavy atom. The third kappa shape index (κ3) is 8.13. The molecule has 0 aliphatic heterocycles. The van der Waals surface area contributed by atoms with E-state index < -0.39 is 6.04 Å². The highest BCUT2D eigenvalue weighted by Gasteiger charge is 2.30. The lowest BCUT2D eigenvalue weighted by Crippen LogP contribution is -2.51. The first-order valence-corrected chi connectivity index (χ1v) is 13.3. The average Bonchev–Trinajstić information content (AvgIpc) is 2.86. The number of carbonyl (C=O) groups excluding carboxylic acids is 2. The number of ether oxygens (including phenoxy) is 1. The highest BCUT2D eigenvalue weighted by atomic mass is 79.9. The number of nitrogens with zero attached hydrogens (tertiary/aromatic N) is 1. The lowest BCUT2D eigenvalue weighted by atomic mass is 10.0. The van der Waals surface area contributed by atoms with Crippen molar-refractivity contribution in [2.75, 3.05) is 13.2 Å². The van der Waals surface area contributed by atoms with Crippen LogP contribution >= 0.6 is 50.7 Å². The fraction of sp³-hybridized carbons (Fsp3) is 0.259. The van der Waals surface area contributed by atoms with E-state index in [1.807, 2.05) is 37.3 Å². The van der Waals surface area contributed by atoms with Crippen molar-refractivity contribution in [3.05, 3.63) is 97.4 Å². The molecule has 0 heterocycles. The van der Waals surface area contributed by atoms with Gasteiger partial charge in [0.05, 0.1) is 14.5 Å². The van der Waals surface area contributed by atoms with Crippen molar-refractivity contribution in [3.8, 4) is 5.75 Å². The van der Waals surface area contributed by atoms with Crippen molar-refractivity contribution in [2.45, 2.75) is 32.4 Å². The zero-order valence-electron chi connectivity index (χ0n) is 19.6. The molecule has 5 nitrogen and oxygen atoms in total. The molecule has 1 N–H and O–H groups in total. The number of hydrogen-bond donors (Lipinski definition) is 1. The van der Waals surface area contributed by atoms with Crippen LogP contribution in [-0.2, 0) is 22.6 Å². The van der Waals surface area contributed by atoms with Gasteiger partial charge in [-0.25, -0.2) is 0 Å². The fourth-order valence-electron chi connectivity index (χ4n) is 3.57. The molecule has 0 radical (unpaired) electrons. The van der Waals surface area contributed by atoms with E-state index >= 15 is 0 Å². The summed E-state index contributed by atoms with van der Waals surface area (Å²) in [6.07, 6.45) is 1.12. The minimum Gasteiger partial charge on any atom is -0.483 e. The van der Waals surface area contributed by atoms with Crippen LogP contribution in [0, 0.1) is 0 Å². The average molecular weight is 613 g/mol. The number of amides is 2. The van der Waals surface area contributed by atoms with E-state index in [-0.39, 0.29) is 25.0 Å². The van der Waals surface area contributed by atoms with E-state index in [4.69, 9.17) is 39.5 Å². The zero-order valence-corrected chi connectivity index (χ0v) is 23.5. The first kappa shape index (κ1) is 28.3. The number of nitrogens with one attached hydrogen (secondary N) is 1. The molecule has 0 aliphatic rings. The molecule has 3 aromatic carbocycles. The molecule has 36 heavy (non-hydrogen) atoms. The maximum absolute atomic E-state index is 13.6. The van der Waals surface area contributed by atoms with Crippen LogP contribution in [0.5, 0.6) is 5.75 Å². The van der Waals surface area contributed by atoms with Crippen LogP contribution in [0.4, 0.5) is 0 Å². The molecule has 9 heteroatoms. The van der Waals surface area contributed by atoms with Gasteiger partial charge in [0.2, 0.25) is 5.91 Å². The van der Waals surface area contributed by atoms with Gasteiger partial charge in [-0.15, -0.1) is 0 Å². The fourth-order valence-corrected chi connectivity index (χ4v) is 4.69. The Kier molecular flexibility index (Phi) is 10.9. The zero-order chi connectivity index (χ0) is 26.1. The Labute approximate surface area is 234 Å². The largest absolute Gasteiger partial charge is 0.483 e. The normalized spacial score (nSPS) is 11.6. The molecule has 1 atom stereocenters. The Hall–Kier alpha value is -2.25. The van der Waals surface area contributed by atoms with Gasteiger partial charge in [0, 0.05) is 24.5 Å². The van der Waals surface area contributed by atoms with Crippen molar-refractivity contribution in [2.24, 2.45) is 0 Å². The Morgan fingerprint density at radius 2 is 1.72 bits per heavy atom. The lowest BCUT2D eigenvalue weighted by molar-refractivity contribution is -0.142. The first-order valence-electron chi connectivity index (χ1n) is 11.4. The summed E-state index contributed by atoms with van der Waals surface area (Å²) in [6, 6.07) is 19.0. The van der Waals surface area contributed by atoms with Gasteiger partial charge in [-0.1, -0.05) is 78.1 Å². The maximum Gasteiger partial charge on any atom is 0.261 e. The van der Waals surface area contributed by atoms with E-state index in [1.165, 1.54) is 4.90 Å². The highest BCUT2D eigenvalue weighted by Crippen LogP contribution is 2.28. The van der Waals surface area contributed by atoms with Crippen LogP contribution in [0.15, 0.2) is 71.2 Å². The molecule has 0 unspecified atom stereocenters. The van der Waals surface area contributed by atoms with Crippen LogP contribution in [0.3, 0.4) is 0 Å². The molecule has 3 rings (SSSR count). The van der Waals surface area contributed by atoms with Crippen molar-refractivity contribution >= 4 is 62.5 Å². The molecule has 0 spiro atoms. The summed E-state index contributed by atoms with van der Waals surface area (Å²) >= 11 is 21.7. The van der Waals surface area contributed by atoms with Gasteiger partial charge in [0.1, 0.15) is 11.8 Å². The Bertz CT molecular complexity index is 1190. The standard InChI is InChI=1S/C27H26BrCl3N2O3/c1-2-12-32-27(35)24(14-18-6-4-3-5-7-18)33(16-19-8-10-22(30)23(31)13-19)26(34)17-36-25-11-9-20(29)15-21(25)28/h3-11,13,15,24H,2,12,14,16-17H2,1H3,(H,32,35)/t24-/m1/s1. The predicted octanol–water partition coefficient (Wildman–Crippen LogP) is 6.95. The van der Waals surface area contributed by atoms with Gasteiger partial charge in [-0.3, -0.25) is 9.59 Å². The molecule has 0 saturated heterocycles. The van der Waals surface area contributed by atoms with Crippen molar-refractivity contribution < 1.29 is 14.3 Å². The smallest absolute Gasteiger partial charge is 0.261 e. The van der Waals surface area contributed by atoms with Gasteiger partial charge in [0.15, 0.2) is 6.61 Å². The summed E-state index contributed by atoms with van der Waals surface area (Å²) in [5, 5.41) is 4.27. The second kappa shape index (κ2) is 13.9. The van der Waals surface area contributed by atoms with Gasteiger partial charge < -0.3 is 15.0 Å². The number of carbonyl (C=O) groups is 2. The molecule has 0 fully saturated rings.